The van der Waals surface area contributed by atoms with E-state index in [1.54, 1.807) is 30.5 Å². The lowest BCUT2D eigenvalue weighted by molar-refractivity contribution is 0.102. The van der Waals surface area contributed by atoms with Gasteiger partial charge in [0.2, 0.25) is 0 Å². The quantitative estimate of drug-likeness (QED) is 0.710. The minimum Gasteiger partial charge on any atom is -0.306 e. The van der Waals surface area contributed by atoms with E-state index >= 15 is 0 Å². The van der Waals surface area contributed by atoms with Crippen molar-refractivity contribution in [3.05, 3.63) is 59.4 Å². The number of hydrogen-bond acceptors (Lipinski definition) is 3. The maximum Gasteiger partial charge on any atom is 0.266 e. The summed E-state index contributed by atoms with van der Waals surface area (Å²) in [4.78, 5) is 14.0. The predicted octanol–water partition coefficient (Wildman–Crippen LogP) is 4.97. The van der Waals surface area contributed by atoms with E-state index in [1.165, 1.54) is 23.5 Å². The number of rotatable bonds is 5. The van der Waals surface area contributed by atoms with Gasteiger partial charge in [0.05, 0.1) is 17.1 Å². The molecule has 1 atom stereocenters. The highest BCUT2D eigenvalue weighted by Gasteiger charge is 2.14. The summed E-state index contributed by atoms with van der Waals surface area (Å²) in [5.74, 6) is 0.246. The van der Waals surface area contributed by atoms with Crippen molar-refractivity contribution in [3.8, 4) is 10.4 Å². The first-order chi connectivity index (χ1) is 11.6. The van der Waals surface area contributed by atoms with Gasteiger partial charge >= 0.3 is 0 Å². The van der Waals surface area contributed by atoms with Crippen LogP contribution in [0.4, 0.5) is 10.2 Å². The molecule has 1 N–H and O–H groups in total. The van der Waals surface area contributed by atoms with E-state index in [0.717, 1.165) is 16.9 Å². The number of amides is 1. The minimum atomic E-state index is -0.272. The molecule has 0 saturated heterocycles. The van der Waals surface area contributed by atoms with Gasteiger partial charge in [-0.3, -0.25) is 4.79 Å². The number of anilines is 1. The first-order valence-electron chi connectivity index (χ1n) is 7.79. The topological polar surface area (TPSA) is 46.9 Å². The Morgan fingerprint density at radius 2 is 2.00 bits per heavy atom. The summed E-state index contributed by atoms with van der Waals surface area (Å²) in [6.45, 7) is 4.13. The zero-order chi connectivity index (χ0) is 17.1. The number of thiophene rings is 1. The molecule has 0 aliphatic heterocycles. The van der Waals surface area contributed by atoms with E-state index in [9.17, 15) is 9.18 Å². The predicted molar refractivity (Wildman–Crippen MR) is 94.9 cm³/mol. The molecule has 1 aromatic carbocycles. The van der Waals surface area contributed by atoms with Crippen molar-refractivity contribution in [1.82, 2.24) is 9.78 Å². The third kappa shape index (κ3) is 3.38. The second kappa shape index (κ2) is 6.97. The lowest BCUT2D eigenvalue weighted by Crippen LogP contribution is -2.16. The van der Waals surface area contributed by atoms with Gasteiger partial charge in [0.15, 0.2) is 0 Å². The molecular formula is C18H18FN3OS. The van der Waals surface area contributed by atoms with Crippen LogP contribution in [0.15, 0.2) is 48.7 Å². The van der Waals surface area contributed by atoms with Crippen molar-refractivity contribution >= 4 is 23.1 Å². The molecule has 0 aliphatic rings. The monoisotopic (exact) mass is 343 g/mol. The van der Waals surface area contributed by atoms with Gasteiger partial charge in [-0.25, -0.2) is 9.07 Å². The van der Waals surface area contributed by atoms with E-state index in [1.807, 2.05) is 10.7 Å². The van der Waals surface area contributed by atoms with Gasteiger partial charge in [0.25, 0.3) is 5.91 Å². The highest BCUT2D eigenvalue weighted by Crippen LogP contribution is 2.29. The molecule has 124 valence electrons. The normalized spacial score (nSPS) is 12.1. The number of nitrogens with zero attached hydrogens (tertiary/aromatic N) is 2. The van der Waals surface area contributed by atoms with Gasteiger partial charge in [0.1, 0.15) is 11.6 Å². The molecular weight excluding hydrogens is 325 g/mol. The Morgan fingerprint density at radius 3 is 2.71 bits per heavy atom. The van der Waals surface area contributed by atoms with E-state index in [0.29, 0.717) is 10.7 Å². The molecule has 0 aliphatic carbocycles. The largest absolute Gasteiger partial charge is 0.306 e. The molecule has 0 bridgehead atoms. The van der Waals surface area contributed by atoms with E-state index in [4.69, 9.17) is 0 Å². The second-order valence-electron chi connectivity index (χ2n) is 5.54. The Labute approximate surface area is 143 Å². The molecule has 3 aromatic rings. The molecule has 1 amide bonds. The first kappa shape index (κ1) is 16.4. The molecule has 1 unspecified atom stereocenters. The van der Waals surface area contributed by atoms with Crippen LogP contribution in [0.1, 0.15) is 36.0 Å². The van der Waals surface area contributed by atoms with Crippen molar-refractivity contribution in [3.63, 3.8) is 0 Å². The average molecular weight is 343 g/mol. The van der Waals surface area contributed by atoms with Gasteiger partial charge in [-0.05, 0) is 43.2 Å². The molecule has 3 rings (SSSR count). The van der Waals surface area contributed by atoms with Crippen LogP contribution in [0.2, 0.25) is 0 Å². The second-order valence-corrected chi connectivity index (χ2v) is 6.63. The Hall–Kier alpha value is -2.47. The number of carbonyl (C=O) groups excluding carboxylic acids is 1. The van der Waals surface area contributed by atoms with Gasteiger partial charge < -0.3 is 5.32 Å². The van der Waals surface area contributed by atoms with Crippen LogP contribution in [-0.4, -0.2) is 15.7 Å². The third-order valence-corrected chi connectivity index (χ3v) is 5.01. The van der Waals surface area contributed by atoms with Crippen LogP contribution in [0.25, 0.3) is 10.4 Å². The highest BCUT2D eigenvalue weighted by molar-refractivity contribution is 7.17. The van der Waals surface area contributed by atoms with Gasteiger partial charge in [-0.15, -0.1) is 11.3 Å². The summed E-state index contributed by atoms with van der Waals surface area (Å²) in [7, 11) is 0. The van der Waals surface area contributed by atoms with Crippen LogP contribution in [0.5, 0.6) is 0 Å². The number of aromatic nitrogens is 2. The number of benzene rings is 1. The van der Waals surface area contributed by atoms with Crippen molar-refractivity contribution < 1.29 is 9.18 Å². The van der Waals surface area contributed by atoms with Crippen LogP contribution in [-0.2, 0) is 0 Å². The number of halogens is 1. The molecule has 2 aromatic heterocycles. The van der Waals surface area contributed by atoms with Crippen molar-refractivity contribution in [2.24, 2.45) is 0 Å². The molecule has 0 radical (unpaired) electrons. The fourth-order valence-electron chi connectivity index (χ4n) is 2.34. The molecule has 0 saturated carbocycles. The third-order valence-electron chi connectivity index (χ3n) is 3.88. The maximum absolute atomic E-state index is 13.0. The summed E-state index contributed by atoms with van der Waals surface area (Å²) in [5, 5.41) is 7.17. The van der Waals surface area contributed by atoms with E-state index in [-0.39, 0.29) is 17.8 Å². The Balaban J connectivity index is 1.77. The molecule has 0 spiro atoms. The zero-order valence-corrected chi connectivity index (χ0v) is 14.3. The lowest BCUT2D eigenvalue weighted by atomic mass is 10.2. The van der Waals surface area contributed by atoms with Gasteiger partial charge in [-0.1, -0.05) is 19.1 Å². The number of nitrogens with one attached hydrogen (secondary N) is 1. The molecule has 2 heterocycles. The van der Waals surface area contributed by atoms with E-state index in [2.05, 4.69) is 24.3 Å². The number of hydrogen-bond donors (Lipinski definition) is 1. The Kier molecular flexibility index (Phi) is 4.76. The van der Waals surface area contributed by atoms with Gasteiger partial charge in [-0.2, -0.15) is 5.10 Å². The fraction of sp³-hybridized carbons (Fsp3) is 0.222. The Morgan fingerprint density at radius 1 is 1.25 bits per heavy atom. The summed E-state index contributed by atoms with van der Waals surface area (Å²) >= 11 is 1.38. The van der Waals surface area contributed by atoms with E-state index < -0.39 is 0 Å². The molecule has 6 heteroatoms. The average Bonchev–Trinajstić information content (AvgIpc) is 3.24. The minimum absolute atomic E-state index is 0.168. The standard InChI is InChI=1S/C18H18FN3OS/c1-3-12(2)22-17(10-11-20-22)21-18(23)16-9-8-15(24-16)13-4-6-14(19)7-5-13/h4-12H,3H2,1-2H3,(H,21,23). The smallest absolute Gasteiger partial charge is 0.266 e. The first-order valence-corrected chi connectivity index (χ1v) is 8.60. The lowest BCUT2D eigenvalue weighted by Gasteiger charge is -2.13. The van der Waals surface area contributed by atoms with Crippen LogP contribution >= 0.6 is 11.3 Å². The maximum atomic E-state index is 13.0. The summed E-state index contributed by atoms with van der Waals surface area (Å²) in [5.41, 5.74) is 0.894. The molecule has 4 nitrogen and oxygen atoms in total. The van der Waals surface area contributed by atoms with Crippen molar-refractivity contribution in [2.45, 2.75) is 26.3 Å². The highest BCUT2D eigenvalue weighted by atomic mass is 32.1. The zero-order valence-electron chi connectivity index (χ0n) is 13.5. The molecule has 24 heavy (non-hydrogen) atoms. The Bertz CT molecular complexity index is 838. The SMILES string of the molecule is CCC(C)n1nccc1NC(=O)c1ccc(-c2ccc(F)cc2)s1. The van der Waals surface area contributed by atoms with Crippen molar-refractivity contribution in [1.29, 1.82) is 0 Å². The summed E-state index contributed by atoms with van der Waals surface area (Å²) in [6, 6.07) is 11.9. The van der Waals surface area contributed by atoms with Crippen LogP contribution in [0.3, 0.4) is 0 Å². The molecule has 0 fully saturated rings. The fourth-order valence-corrected chi connectivity index (χ4v) is 3.25. The van der Waals surface area contributed by atoms with Crippen LogP contribution in [0, 0.1) is 5.82 Å². The van der Waals surface area contributed by atoms with Crippen molar-refractivity contribution in [2.75, 3.05) is 5.32 Å². The van der Waals surface area contributed by atoms with Crippen LogP contribution < -0.4 is 5.32 Å². The van der Waals surface area contributed by atoms with Gasteiger partial charge in [0, 0.05) is 10.9 Å². The number of carbonyl (C=O) groups is 1. The summed E-state index contributed by atoms with van der Waals surface area (Å²) in [6.07, 6.45) is 2.61. The summed E-state index contributed by atoms with van der Waals surface area (Å²) < 4.78 is 14.8.